The molecule has 4 nitrogen and oxygen atoms in total. The van der Waals surface area contributed by atoms with E-state index in [2.05, 4.69) is 17.2 Å². The van der Waals surface area contributed by atoms with Crippen LogP contribution in [0.5, 0.6) is 0 Å². The molecule has 1 saturated heterocycles. The van der Waals surface area contributed by atoms with Gasteiger partial charge in [0.15, 0.2) is 0 Å². The number of benzene rings is 1. The molecule has 2 atom stereocenters. The van der Waals surface area contributed by atoms with Gasteiger partial charge in [0.25, 0.3) is 0 Å². The Labute approximate surface area is 123 Å². The second kappa shape index (κ2) is 6.76. The molecular weight excluding hydrogens is 276 g/mol. The van der Waals surface area contributed by atoms with Crippen LogP contribution < -0.4 is 11.1 Å². The first-order valence-electron chi connectivity index (χ1n) is 6.51. The van der Waals surface area contributed by atoms with Crippen LogP contribution in [0.1, 0.15) is 18.9 Å². The highest BCUT2D eigenvalue weighted by molar-refractivity contribution is 6.31. The predicted molar refractivity (Wildman–Crippen MR) is 79.5 cm³/mol. The van der Waals surface area contributed by atoms with Gasteiger partial charge >= 0.3 is 0 Å². The van der Waals surface area contributed by atoms with Gasteiger partial charge in [0.1, 0.15) is 0 Å². The van der Waals surface area contributed by atoms with Gasteiger partial charge in [0.2, 0.25) is 5.91 Å². The highest BCUT2D eigenvalue weighted by atomic mass is 35.5. The van der Waals surface area contributed by atoms with E-state index in [4.69, 9.17) is 22.1 Å². The first-order chi connectivity index (χ1) is 9.60. The molecule has 1 aromatic carbocycles. The Morgan fingerprint density at radius 3 is 3.05 bits per heavy atom. The summed E-state index contributed by atoms with van der Waals surface area (Å²) >= 11 is 6.04. The zero-order valence-electron chi connectivity index (χ0n) is 11.3. The fourth-order valence-electron chi connectivity index (χ4n) is 2.09. The molecule has 0 aliphatic carbocycles. The fourth-order valence-corrected chi connectivity index (χ4v) is 2.25. The third kappa shape index (κ3) is 3.73. The molecule has 2 rings (SSSR count). The Bertz CT molecular complexity index is 563. The first-order valence-corrected chi connectivity index (χ1v) is 6.89. The number of rotatable bonds is 2. The molecule has 0 radical (unpaired) electrons. The van der Waals surface area contributed by atoms with Crippen molar-refractivity contribution in [3.63, 3.8) is 0 Å². The molecule has 1 fully saturated rings. The van der Waals surface area contributed by atoms with Crippen LogP contribution in [0, 0.1) is 17.8 Å². The molecule has 106 valence electrons. The van der Waals surface area contributed by atoms with Crippen LogP contribution in [0.25, 0.3) is 0 Å². The van der Waals surface area contributed by atoms with Gasteiger partial charge < -0.3 is 15.8 Å². The van der Waals surface area contributed by atoms with Crippen molar-refractivity contribution in [1.29, 1.82) is 0 Å². The van der Waals surface area contributed by atoms with Gasteiger partial charge in [0, 0.05) is 11.3 Å². The van der Waals surface area contributed by atoms with E-state index in [1.165, 1.54) is 0 Å². The number of nitrogens with two attached hydrogens (primary N) is 1. The standard InChI is InChI=1S/C15H17ClN2O2/c1-10-7-12(9-20-10)15(19)18-13-4-5-14(16)11(8-13)3-2-6-17/h4-5,8,10,12H,6-7,9,17H2,1H3,(H,18,19). The summed E-state index contributed by atoms with van der Waals surface area (Å²) < 4.78 is 5.40. The number of carbonyl (C=O) groups is 1. The van der Waals surface area contributed by atoms with Crippen molar-refractivity contribution >= 4 is 23.2 Å². The summed E-state index contributed by atoms with van der Waals surface area (Å²) in [6.07, 6.45) is 0.890. The van der Waals surface area contributed by atoms with Gasteiger partial charge in [-0.3, -0.25) is 4.79 Å². The minimum absolute atomic E-state index is 0.0330. The number of anilines is 1. The molecule has 2 unspecified atom stereocenters. The number of halogens is 1. The minimum Gasteiger partial charge on any atom is -0.378 e. The fraction of sp³-hybridized carbons (Fsp3) is 0.400. The van der Waals surface area contributed by atoms with E-state index < -0.39 is 0 Å². The predicted octanol–water partition coefficient (Wildman–Crippen LogP) is 2.01. The van der Waals surface area contributed by atoms with Gasteiger partial charge in [-0.2, -0.15) is 0 Å². The Morgan fingerprint density at radius 2 is 2.40 bits per heavy atom. The highest BCUT2D eigenvalue weighted by Crippen LogP contribution is 2.23. The van der Waals surface area contributed by atoms with Crippen molar-refractivity contribution < 1.29 is 9.53 Å². The van der Waals surface area contributed by atoms with Gasteiger partial charge in [-0.15, -0.1) is 0 Å². The first kappa shape index (κ1) is 14.9. The number of ether oxygens (including phenoxy) is 1. The largest absolute Gasteiger partial charge is 0.378 e. The summed E-state index contributed by atoms with van der Waals surface area (Å²) in [5.74, 6) is 5.50. The van der Waals surface area contributed by atoms with Crippen LogP contribution in [0.2, 0.25) is 5.02 Å². The highest BCUT2D eigenvalue weighted by Gasteiger charge is 2.28. The molecule has 0 aromatic heterocycles. The third-order valence-electron chi connectivity index (χ3n) is 3.13. The van der Waals surface area contributed by atoms with Gasteiger partial charge in [-0.05, 0) is 31.5 Å². The molecule has 0 spiro atoms. The second-order valence-corrected chi connectivity index (χ2v) is 5.17. The maximum absolute atomic E-state index is 12.1. The quantitative estimate of drug-likeness (QED) is 0.820. The lowest BCUT2D eigenvalue weighted by Crippen LogP contribution is -2.23. The Balaban J connectivity index is 2.07. The number of amides is 1. The van der Waals surface area contributed by atoms with E-state index in [1.54, 1.807) is 18.2 Å². The lowest BCUT2D eigenvalue weighted by Gasteiger charge is -2.10. The SMILES string of the molecule is CC1CC(C(=O)Nc2ccc(Cl)c(C#CCN)c2)CO1. The molecule has 0 bridgehead atoms. The van der Waals surface area contributed by atoms with Crippen molar-refractivity contribution in [3.05, 3.63) is 28.8 Å². The van der Waals surface area contributed by atoms with Crippen LogP contribution in [0.3, 0.4) is 0 Å². The third-order valence-corrected chi connectivity index (χ3v) is 3.46. The molecule has 5 heteroatoms. The zero-order valence-corrected chi connectivity index (χ0v) is 12.0. The smallest absolute Gasteiger partial charge is 0.229 e. The van der Waals surface area contributed by atoms with Crippen LogP contribution in [-0.2, 0) is 9.53 Å². The van der Waals surface area contributed by atoms with Crippen molar-refractivity contribution in [2.24, 2.45) is 11.7 Å². The Kier molecular flexibility index (Phi) is 5.02. The molecule has 1 aliphatic rings. The van der Waals surface area contributed by atoms with E-state index >= 15 is 0 Å². The zero-order chi connectivity index (χ0) is 14.5. The summed E-state index contributed by atoms with van der Waals surface area (Å²) in [7, 11) is 0. The van der Waals surface area contributed by atoms with E-state index in [0.717, 1.165) is 6.42 Å². The average Bonchev–Trinajstić information content (AvgIpc) is 2.86. The van der Waals surface area contributed by atoms with Crippen molar-refractivity contribution in [2.75, 3.05) is 18.5 Å². The summed E-state index contributed by atoms with van der Waals surface area (Å²) in [6.45, 7) is 2.71. The lowest BCUT2D eigenvalue weighted by atomic mass is 10.1. The second-order valence-electron chi connectivity index (χ2n) is 4.77. The van der Waals surface area contributed by atoms with Crippen molar-refractivity contribution in [3.8, 4) is 11.8 Å². The Hall–Kier alpha value is -1.54. The van der Waals surface area contributed by atoms with Gasteiger partial charge in [-0.1, -0.05) is 23.4 Å². The monoisotopic (exact) mass is 292 g/mol. The Morgan fingerprint density at radius 1 is 1.60 bits per heavy atom. The number of carbonyl (C=O) groups excluding carboxylic acids is 1. The average molecular weight is 293 g/mol. The van der Waals surface area contributed by atoms with Crippen LogP contribution in [0.15, 0.2) is 18.2 Å². The summed E-state index contributed by atoms with van der Waals surface area (Å²) in [5.41, 5.74) is 6.68. The molecule has 1 aliphatic heterocycles. The molecule has 0 saturated carbocycles. The molecule has 1 heterocycles. The number of nitrogens with one attached hydrogen (secondary N) is 1. The summed E-state index contributed by atoms with van der Waals surface area (Å²) in [6, 6.07) is 5.22. The summed E-state index contributed by atoms with van der Waals surface area (Å²) in [4.78, 5) is 12.1. The minimum atomic E-state index is -0.0979. The van der Waals surface area contributed by atoms with Gasteiger partial charge in [-0.25, -0.2) is 0 Å². The maximum atomic E-state index is 12.1. The topological polar surface area (TPSA) is 64.4 Å². The van der Waals surface area contributed by atoms with E-state index in [9.17, 15) is 4.79 Å². The molecular formula is C15H17ClN2O2. The normalized spacial score (nSPS) is 21.1. The van der Waals surface area contributed by atoms with E-state index in [0.29, 0.717) is 22.9 Å². The van der Waals surface area contributed by atoms with Crippen molar-refractivity contribution in [1.82, 2.24) is 0 Å². The van der Waals surface area contributed by atoms with Crippen molar-refractivity contribution in [2.45, 2.75) is 19.4 Å². The lowest BCUT2D eigenvalue weighted by molar-refractivity contribution is -0.119. The molecule has 3 N–H and O–H groups in total. The van der Waals surface area contributed by atoms with E-state index in [-0.39, 0.29) is 24.5 Å². The van der Waals surface area contributed by atoms with Crippen LogP contribution in [-0.4, -0.2) is 25.2 Å². The molecule has 1 aromatic rings. The molecule has 20 heavy (non-hydrogen) atoms. The maximum Gasteiger partial charge on any atom is 0.229 e. The van der Waals surface area contributed by atoms with Crippen LogP contribution in [0.4, 0.5) is 5.69 Å². The molecule has 1 amide bonds. The van der Waals surface area contributed by atoms with Gasteiger partial charge in [0.05, 0.1) is 30.2 Å². The number of hydrogen-bond acceptors (Lipinski definition) is 3. The summed E-state index contributed by atoms with van der Waals surface area (Å²) in [5, 5.41) is 3.42. The van der Waals surface area contributed by atoms with Crippen LogP contribution >= 0.6 is 11.6 Å². The van der Waals surface area contributed by atoms with E-state index in [1.807, 2.05) is 6.92 Å². The number of hydrogen-bond donors (Lipinski definition) is 2.